The first kappa shape index (κ1) is 17.5. The van der Waals surface area contributed by atoms with Crippen LogP contribution in [-0.2, 0) is 4.79 Å². The summed E-state index contributed by atoms with van der Waals surface area (Å²) in [6.45, 7) is 4.14. The van der Waals surface area contributed by atoms with Crippen molar-refractivity contribution in [3.63, 3.8) is 0 Å². The van der Waals surface area contributed by atoms with Gasteiger partial charge in [0.2, 0.25) is 5.91 Å². The lowest BCUT2D eigenvalue weighted by Gasteiger charge is -2.15. The number of ether oxygens (including phenoxy) is 1. The van der Waals surface area contributed by atoms with Crippen molar-refractivity contribution in [2.75, 3.05) is 13.2 Å². The molecule has 0 radical (unpaired) electrons. The predicted molar refractivity (Wildman–Crippen MR) is 92.9 cm³/mol. The van der Waals surface area contributed by atoms with Crippen LogP contribution in [0, 0.1) is 0 Å². The minimum atomic E-state index is -0.332. The Kier molecular flexibility index (Phi) is 6.37. The number of nitrogens with one attached hydrogen (secondary N) is 2. The van der Waals surface area contributed by atoms with Crippen molar-refractivity contribution >= 4 is 11.8 Å². The van der Waals surface area contributed by atoms with Crippen molar-refractivity contribution in [2.45, 2.75) is 19.9 Å². The molecule has 0 aliphatic rings. The van der Waals surface area contributed by atoms with Gasteiger partial charge in [0.25, 0.3) is 5.91 Å². The molecule has 0 bridgehead atoms. The Morgan fingerprint density at radius 1 is 1.04 bits per heavy atom. The van der Waals surface area contributed by atoms with E-state index in [-0.39, 0.29) is 24.4 Å². The van der Waals surface area contributed by atoms with E-state index in [9.17, 15) is 9.59 Å². The lowest BCUT2D eigenvalue weighted by atomic mass is 10.1. The van der Waals surface area contributed by atoms with Crippen LogP contribution in [0.5, 0.6) is 5.75 Å². The van der Waals surface area contributed by atoms with Crippen molar-refractivity contribution in [3.8, 4) is 5.75 Å². The summed E-state index contributed by atoms with van der Waals surface area (Å²) in [6.07, 6.45) is 0. The minimum Gasteiger partial charge on any atom is -0.493 e. The van der Waals surface area contributed by atoms with Gasteiger partial charge in [-0.1, -0.05) is 42.5 Å². The monoisotopic (exact) mass is 326 g/mol. The summed E-state index contributed by atoms with van der Waals surface area (Å²) in [6, 6.07) is 16.5. The zero-order chi connectivity index (χ0) is 17.4. The quantitative estimate of drug-likeness (QED) is 0.822. The number of hydrogen-bond acceptors (Lipinski definition) is 3. The van der Waals surface area contributed by atoms with E-state index < -0.39 is 0 Å². The summed E-state index contributed by atoms with van der Waals surface area (Å²) in [7, 11) is 0. The SMILES string of the molecule is CCOc1ccccc1C(=O)NCC(=O)N[C@@H](C)c1ccccc1. The molecule has 0 aromatic heterocycles. The van der Waals surface area contributed by atoms with Gasteiger partial charge in [-0.15, -0.1) is 0 Å². The normalized spacial score (nSPS) is 11.4. The van der Waals surface area contributed by atoms with E-state index in [0.717, 1.165) is 5.56 Å². The van der Waals surface area contributed by atoms with Gasteiger partial charge < -0.3 is 15.4 Å². The molecule has 0 aliphatic heterocycles. The van der Waals surface area contributed by atoms with Gasteiger partial charge in [0.15, 0.2) is 0 Å². The molecule has 2 rings (SSSR count). The smallest absolute Gasteiger partial charge is 0.255 e. The van der Waals surface area contributed by atoms with Gasteiger partial charge >= 0.3 is 0 Å². The Hall–Kier alpha value is -2.82. The zero-order valence-corrected chi connectivity index (χ0v) is 13.9. The van der Waals surface area contributed by atoms with E-state index in [1.807, 2.05) is 44.2 Å². The van der Waals surface area contributed by atoms with E-state index in [1.54, 1.807) is 24.3 Å². The number of para-hydroxylation sites is 1. The third-order valence-corrected chi connectivity index (χ3v) is 3.52. The molecule has 0 unspecified atom stereocenters. The summed E-state index contributed by atoms with van der Waals surface area (Å²) in [5.74, 6) is -0.0641. The van der Waals surface area contributed by atoms with Gasteiger partial charge in [-0.2, -0.15) is 0 Å². The van der Waals surface area contributed by atoms with Gasteiger partial charge in [-0.3, -0.25) is 9.59 Å². The largest absolute Gasteiger partial charge is 0.493 e. The van der Waals surface area contributed by atoms with Gasteiger partial charge in [0.05, 0.1) is 24.8 Å². The number of carbonyl (C=O) groups excluding carboxylic acids is 2. The Balaban J connectivity index is 1.89. The molecule has 5 nitrogen and oxygen atoms in total. The maximum atomic E-state index is 12.2. The van der Waals surface area contributed by atoms with Crippen LogP contribution < -0.4 is 15.4 Å². The van der Waals surface area contributed by atoms with Crippen LogP contribution in [0.3, 0.4) is 0 Å². The van der Waals surface area contributed by atoms with Crippen molar-refractivity contribution in [1.82, 2.24) is 10.6 Å². The Morgan fingerprint density at radius 2 is 1.71 bits per heavy atom. The number of amides is 2. The first-order valence-corrected chi connectivity index (χ1v) is 7.96. The van der Waals surface area contributed by atoms with Gasteiger partial charge in [-0.05, 0) is 31.5 Å². The molecular weight excluding hydrogens is 304 g/mol. The molecule has 0 aliphatic carbocycles. The van der Waals surface area contributed by atoms with Crippen molar-refractivity contribution in [1.29, 1.82) is 0 Å². The molecule has 0 fully saturated rings. The van der Waals surface area contributed by atoms with Gasteiger partial charge in [0, 0.05) is 0 Å². The number of carbonyl (C=O) groups is 2. The standard InChI is InChI=1S/C19H22N2O3/c1-3-24-17-12-8-7-11-16(17)19(23)20-13-18(22)21-14(2)15-9-5-4-6-10-15/h4-12,14H,3,13H2,1-2H3,(H,20,23)(H,21,22)/t14-/m0/s1. The molecule has 0 saturated carbocycles. The fourth-order valence-corrected chi connectivity index (χ4v) is 2.31. The molecule has 1 atom stereocenters. The maximum absolute atomic E-state index is 12.2. The van der Waals surface area contributed by atoms with Crippen LogP contribution in [0.1, 0.15) is 35.8 Å². The fraction of sp³-hybridized carbons (Fsp3) is 0.263. The van der Waals surface area contributed by atoms with Crippen LogP contribution in [0.25, 0.3) is 0 Å². The summed E-state index contributed by atoms with van der Waals surface area (Å²) < 4.78 is 5.43. The first-order valence-electron chi connectivity index (χ1n) is 7.96. The van der Waals surface area contributed by atoms with Crippen LogP contribution in [0.15, 0.2) is 54.6 Å². The third kappa shape index (κ3) is 4.84. The Labute approximate surface area is 142 Å². The van der Waals surface area contributed by atoms with Crippen molar-refractivity contribution in [2.24, 2.45) is 0 Å². The molecule has 0 heterocycles. The predicted octanol–water partition coefficient (Wildman–Crippen LogP) is 2.69. The molecule has 126 valence electrons. The Morgan fingerprint density at radius 3 is 2.42 bits per heavy atom. The molecule has 2 N–H and O–H groups in total. The van der Waals surface area contributed by atoms with Crippen LogP contribution in [0.4, 0.5) is 0 Å². The average Bonchev–Trinajstić information content (AvgIpc) is 2.61. The van der Waals surface area contributed by atoms with Crippen LogP contribution >= 0.6 is 0 Å². The highest BCUT2D eigenvalue weighted by molar-refractivity contribution is 5.98. The molecule has 2 aromatic carbocycles. The summed E-state index contributed by atoms with van der Waals surface area (Å²) in [5, 5.41) is 5.48. The van der Waals surface area contributed by atoms with Gasteiger partial charge in [0.1, 0.15) is 5.75 Å². The van der Waals surface area contributed by atoms with Gasteiger partial charge in [-0.25, -0.2) is 0 Å². The summed E-state index contributed by atoms with van der Waals surface area (Å²) in [5.41, 5.74) is 1.43. The molecular formula is C19H22N2O3. The molecule has 0 spiro atoms. The lowest BCUT2D eigenvalue weighted by Crippen LogP contribution is -2.38. The molecule has 5 heteroatoms. The second kappa shape index (κ2) is 8.72. The van der Waals surface area contributed by atoms with E-state index in [0.29, 0.717) is 17.9 Å². The second-order valence-corrected chi connectivity index (χ2v) is 5.31. The molecule has 2 aromatic rings. The van der Waals surface area contributed by atoms with Crippen molar-refractivity contribution < 1.29 is 14.3 Å². The minimum absolute atomic E-state index is 0.0868. The third-order valence-electron chi connectivity index (χ3n) is 3.52. The lowest BCUT2D eigenvalue weighted by molar-refractivity contribution is -0.120. The van der Waals surface area contributed by atoms with E-state index in [1.165, 1.54) is 0 Å². The zero-order valence-electron chi connectivity index (χ0n) is 13.9. The molecule has 2 amide bonds. The van der Waals surface area contributed by atoms with Crippen LogP contribution in [0.2, 0.25) is 0 Å². The highest BCUT2D eigenvalue weighted by Gasteiger charge is 2.14. The average molecular weight is 326 g/mol. The van der Waals surface area contributed by atoms with E-state index in [4.69, 9.17) is 4.74 Å². The van der Waals surface area contributed by atoms with Crippen LogP contribution in [-0.4, -0.2) is 25.0 Å². The first-order chi connectivity index (χ1) is 11.6. The number of benzene rings is 2. The maximum Gasteiger partial charge on any atom is 0.255 e. The Bertz CT molecular complexity index is 686. The topological polar surface area (TPSA) is 67.4 Å². The second-order valence-electron chi connectivity index (χ2n) is 5.31. The highest BCUT2D eigenvalue weighted by atomic mass is 16.5. The summed E-state index contributed by atoms with van der Waals surface area (Å²) >= 11 is 0. The fourth-order valence-electron chi connectivity index (χ4n) is 2.31. The summed E-state index contributed by atoms with van der Waals surface area (Å²) in [4.78, 5) is 24.2. The van der Waals surface area contributed by atoms with E-state index >= 15 is 0 Å². The van der Waals surface area contributed by atoms with E-state index in [2.05, 4.69) is 10.6 Å². The molecule has 0 saturated heterocycles. The number of hydrogen-bond donors (Lipinski definition) is 2. The van der Waals surface area contributed by atoms with Crippen molar-refractivity contribution in [3.05, 3.63) is 65.7 Å². The number of rotatable bonds is 7. The molecule has 24 heavy (non-hydrogen) atoms. The highest BCUT2D eigenvalue weighted by Crippen LogP contribution is 2.17.